The minimum absolute atomic E-state index is 0.212. The molecule has 0 aromatic carbocycles. The van der Waals surface area contributed by atoms with Gasteiger partial charge in [-0.1, -0.05) is 13.0 Å². The largest absolute Gasteiger partial charge is 0.312 e. The van der Waals surface area contributed by atoms with Crippen LogP contribution in [-0.2, 0) is 16.6 Å². The van der Waals surface area contributed by atoms with Crippen LogP contribution in [0.1, 0.15) is 36.1 Å². The van der Waals surface area contributed by atoms with Gasteiger partial charge in [-0.15, -0.1) is 22.7 Å². The Morgan fingerprint density at radius 1 is 1.33 bits per heavy atom. The SMILES string of the molecule is CCCNCc1cc(S(=O)(=O)NC(C)c2cccs2)cs1. The normalized spacial score (nSPS) is 13.4. The molecule has 116 valence electrons. The molecule has 1 unspecified atom stereocenters. The first-order chi connectivity index (χ1) is 10.0. The summed E-state index contributed by atoms with van der Waals surface area (Å²) in [5.74, 6) is 0. The van der Waals surface area contributed by atoms with Crippen molar-refractivity contribution in [2.45, 2.75) is 37.8 Å². The standard InChI is InChI=1S/C14H20N2O2S3/c1-3-6-15-9-12-8-13(10-20-12)21(17,18)16-11(2)14-5-4-7-19-14/h4-5,7-8,10-11,15-16H,3,6,9H2,1-2H3. The molecule has 2 rings (SSSR count). The summed E-state index contributed by atoms with van der Waals surface area (Å²) in [5.41, 5.74) is 0. The molecule has 0 aliphatic heterocycles. The lowest BCUT2D eigenvalue weighted by Crippen LogP contribution is -2.26. The minimum atomic E-state index is -3.46. The Morgan fingerprint density at radius 3 is 2.81 bits per heavy atom. The molecule has 1 atom stereocenters. The van der Waals surface area contributed by atoms with E-state index < -0.39 is 10.0 Å². The van der Waals surface area contributed by atoms with Gasteiger partial charge in [-0.3, -0.25) is 0 Å². The topological polar surface area (TPSA) is 58.2 Å². The summed E-state index contributed by atoms with van der Waals surface area (Å²) in [7, 11) is -3.46. The van der Waals surface area contributed by atoms with Crippen molar-refractivity contribution in [2.24, 2.45) is 0 Å². The van der Waals surface area contributed by atoms with E-state index in [2.05, 4.69) is 17.0 Å². The van der Waals surface area contributed by atoms with Crippen LogP contribution in [0.4, 0.5) is 0 Å². The quantitative estimate of drug-likeness (QED) is 0.722. The Kier molecular flexibility index (Phi) is 5.95. The molecule has 0 saturated heterocycles. The predicted molar refractivity (Wildman–Crippen MR) is 89.4 cm³/mol. The molecule has 0 spiro atoms. The Balaban J connectivity index is 2.02. The van der Waals surface area contributed by atoms with Crippen LogP contribution in [0.2, 0.25) is 0 Å². The molecule has 7 heteroatoms. The van der Waals surface area contributed by atoms with Crippen molar-refractivity contribution < 1.29 is 8.42 Å². The third-order valence-electron chi connectivity index (χ3n) is 2.97. The maximum absolute atomic E-state index is 12.4. The van der Waals surface area contributed by atoms with Crippen LogP contribution >= 0.6 is 22.7 Å². The summed E-state index contributed by atoms with van der Waals surface area (Å²) in [6, 6.07) is 5.39. The molecule has 0 aliphatic rings. The highest BCUT2D eigenvalue weighted by Crippen LogP contribution is 2.23. The van der Waals surface area contributed by atoms with Crippen LogP contribution in [0, 0.1) is 0 Å². The lowest BCUT2D eigenvalue weighted by atomic mass is 10.3. The van der Waals surface area contributed by atoms with Crippen LogP contribution < -0.4 is 10.0 Å². The van der Waals surface area contributed by atoms with E-state index in [1.54, 1.807) is 22.8 Å². The van der Waals surface area contributed by atoms with Crippen LogP contribution in [0.3, 0.4) is 0 Å². The van der Waals surface area contributed by atoms with Gasteiger partial charge in [-0.25, -0.2) is 13.1 Å². The molecule has 0 radical (unpaired) electrons. The summed E-state index contributed by atoms with van der Waals surface area (Å²) < 4.78 is 27.4. The van der Waals surface area contributed by atoms with Gasteiger partial charge in [-0.05, 0) is 37.4 Å². The van der Waals surface area contributed by atoms with Crippen molar-refractivity contribution >= 4 is 32.7 Å². The fourth-order valence-corrected chi connectivity index (χ4v) is 5.16. The zero-order valence-corrected chi connectivity index (χ0v) is 14.6. The van der Waals surface area contributed by atoms with Gasteiger partial charge in [0.25, 0.3) is 0 Å². The second-order valence-electron chi connectivity index (χ2n) is 4.78. The van der Waals surface area contributed by atoms with Gasteiger partial charge in [-0.2, -0.15) is 0 Å². The number of hydrogen-bond donors (Lipinski definition) is 2. The van der Waals surface area contributed by atoms with E-state index in [9.17, 15) is 8.42 Å². The van der Waals surface area contributed by atoms with Crippen molar-refractivity contribution in [1.29, 1.82) is 0 Å². The molecular weight excluding hydrogens is 324 g/mol. The average molecular weight is 345 g/mol. The smallest absolute Gasteiger partial charge is 0.241 e. The number of rotatable bonds is 8. The van der Waals surface area contributed by atoms with Gasteiger partial charge in [0.15, 0.2) is 0 Å². The monoisotopic (exact) mass is 344 g/mol. The molecule has 0 amide bonds. The van der Waals surface area contributed by atoms with E-state index in [1.807, 2.05) is 24.4 Å². The molecule has 0 aliphatic carbocycles. The number of sulfonamides is 1. The van der Waals surface area contributed by atoms with E-state index in [0.29, 0.717) is 11.4 Å². The van der Waals surface area contributed by atoms with Gasteiger partial charge < -0.3 is 5.32 Å². The zero-order valence-electron chi connectivity index (χ0n) is 12.1. The van der Waals surface area contributed by atoms with E-state index in [0.717, 1.165) is 22.7 Å². The first kappa shape index (κ1) is 16.6. The lowest BCUT2D eigenvalue weighted by molar-refractivity contribution is 0.569. The van der Waals surface area contributed by atoms with Crippen LogP contribution in [0.25, 0.3) is 0 Å². The summed E-state index contributed by atoms with van der Waals surface area (Å²) in [4.78, 5) is 2.40. The Bertz CT molecular complexity index is 648. The maximum Gasteiger partial charge on any atom is 0.241 e. The Labute approximate surface area is 134 Å². The summed E-state index contributed by atoms with van der Waals surface area (Å²) >= 11 is 3.02. The van der Waals surface area contributed by atoms with Crippen molar-refractivity contribution in [3.05, 3.63) is 38.7 Å². The second-order valence-corrected chi connectivity index (χ2v) is 8.47. The summed E-state index contributed by atoms with van der Waals surface area (Å²) in [6.45, 7) is 5.62. The molecule has 2 heterocycles. The van der Waals surface area contributed by atoms with E-state index in [4.69, 9.17) is 0 Å². The molecule has 4 nitrogen and oxygen atoms in total. The highest BCUT2D eigenvalue weighted by molar-refractivity contribution is 7.89. The number of hydrogen-bond acceptors (Lipinski definition) is 5. The zero-order chi connectivity index (χ0) is 15.3. The van der Waals surface area contributed by atoms with Crippen molar-refractivity contribution in [1.82, 2.24) is 10.0 Å². The Hall–Kier alpha value is -0.730. The van der Waals surface area contributed by atoms with Gasteiger partial charge in [0.1, 0.15) is 0 Å². The first-order valence-electron chi connectivity index (χ1n) is 6.87. The van der Waals surface area contributed by atoms with Crippen molar-refractivity contribution in [2.75, 3.05) is 6.54 Å². The third-order valence-corrected chi connectivity index (χ3v) is 6.63. The van der Waals surface area contributed by atoms with Gasteiger partial charge in [0.05, 0.1) is 10.9 Å². The van der Waals surface area contributed by atoms with E-state index >= 15 is 0 Å². The number of thiophene rings is 2. The molecule has 0 saturated carbocycles. The summed E-state index contributed by atoms with van der Waals surface area (Å²) in [6.07, 6.45) is 1.07. The average Bonchev–Trinajstić information content (AvgIpc) is 3.10. The molecule has 2 aromatic rings. The molecular formula is C14H20N2O2S3. The first-order valence-corrected chi connectivity index (χ1v) is 10.1. The predicted octanol–water partition coefficient (Wildman–Crippen LogP) is 3.35. The highest BCUT2D eigenvalue weighted by Gasteiger charge is 2.20. The maximum atomic E-state index is 12.4. The Morgan fingerprint density at radius 2 is 2.14 bits per heavy atom. The van der Waals surface area contributed by atoms with Crippen LogP contribution in [0.15, 0.2) is 33.9 Å². The molecule has 2 aromatic heterocycles. The molecule has 2 N–H and O–H groups in total. The highest BCUT2D eigenvalue weighted by atomic mass is 32.2. The van der Waals surface area contributed by atoms with Crippen molar-refractivity contribution in [3.8, 4) is 0 Å². The lowest BCUT2D eigenvalue weighted by Gasteiger charge is -2.11. The van der Waals surface area contributed by atoms with Crippen LogP contribution in [-0.4, -0.2) is 15.0 Å². The van der Waals surface area contributed by atoms with Crippen molar-refractivity contribution in [3.63, 3.8) is 0 Å². The molecule has 21 heavy (non-hydrogen) atoms. The minimum Gasteiger partial charge on any atom is -0.312 e. The third kappa shape index (κ3) is 4.62. The second kappa shape index (κ2) is 7.51. The molecule has 0 fully saturated rings. The molecule has 0 bridgehead atoms. The van der Waals surface area contributed by atoms with E-state index in [-0.39, 0.29) is 6.04 Å². The van der Waals surface area contributed by atoms with Gasteiger partial charge in [0, 0.05) is 21.7 Å². The fraction of sp³-hybridized carbons (Fsp3) is 0.429. The summed E-state index contributed by atoms with van der Waals surface area (Å²) in [5, 5.41) is 6.92. The van der Waals surface area contributed by atoms with Gasteiger partial charge >= 0.3 is 0 Å². The number of nitrogens with one attached hydrogen (secondary N) is 2. The fourth-order valence-electron chi connectivity index (χ4n) is 1.88. The van der Waals surface area contributed by atoms with Gasteiger partial charge in [0.2, 0.25) is 10.0 Å². The van der Waals surface area contributed by atoms with E-state index in [1.165, 1.54) is 11.3 Å². The van der Waals surface area contributed by atoms with Crippen LogP contribution in [0.5, 0.6) is 0 Å².